The van der Waals surface area contributed by atoms with Gasteiger partial charge in [-0.3, -0.25) is 4.79 Å². The third kappa shape index (κ3) is 5.14. The zero-order valence-corrected chi connectivity index (χ0v) is 16.9. The average Bonchev–Trinajstić information content (AvgIpc) is 2.53. The van der Waals surface area contributed by atoms with E-state index in [-0.39, 0.29) is 31.1 Å². The minimum Gasteiger partial charge on any atom is -0.462 e. The van der Waals surface area contributed by atoms with Crippen molar-refractivity contribution in [2.75, 3.05) is 34.0 Å². The number of nitrogens with two attached hydrogens (primary N) is 1. The van der Waals surface area contributed by atoms with Crippen LogP contribution in [0.2, 0.25) is 0 Å². The molecule has 1 rings (SSSR count). The van der Waals surface area contributed by atoms with Crippen molar-refractivity contribution in [1.82, 2.24) is 0 Å². The molecule has 7 heteroatoms. The van der Waals surface area contributed by atoms with Crippen LogP contribution in [0.1, 0.15) is 48.0 Å². The van der Waals surface area contributed by atoms with Gasteiger partial charge in [0, 0.05) is 20.8 Å². The van der Waals surface area contributed by atoms with E-state index in [1.165, 1.54) is 14.2 Å². The maximum Gasteiger partial charge on any atom is 0.313 e. The third-order valence-corrected chi connectivity index (χ3v) is 4.80. The molecular weight excluding hydrogens is 326 g/mol. The molecule has 0 amide bonds. The van der Waals surface area contributed by atoms with Crippen LogP contribution in [0.4, 0.5) is 0 Å². The summed E-state index contributed by atoms with van der Waals surface area (Å²) in [5.41, 5.74) is 5.08. The molecule has 0 aromatic heterocycles. The van der Waals surface area contributed by atoms with Gasteiger partial charge in [0.15, 0.2) is 0 Å². The fourth-order valence-corrected chi connectivity index (χ4v) is 3.14. The predicted octanol–water partition coefficient (Wildman–Crippen LogP) is 2.07. The molecule has 7 nitrogen and oxygen atoms in total. The summed E-state index contributed by atoms with van der Waals surface area (Å²) in [7, 11) is 3.05. The highest BCUT2D eigenvalue weighted by atomic mass is 16.8. The van der Waals surface area contributed by atoms with Crippen LogP contribution in [0, 0.1) is 10.8 Å². The van der Waals surface area contributed by atoms with Crippen LogP contribution in [0.15, 0.2) is 0 Å². The van der Waals surface area contributed by atoms with E-state index in [4.69, 9.17) is 29.4 Å². The minimum atomic E-state index is -1.11. The van der Waals surface area contributed by atoms with Crippen molar-refractivity contribution < 1.29 is 28.5 Å². The quantitative estimate of drug-likeness (QED) is 0.694. The maximum absolute atomic E-state index is 12.6. The van der Waals surface area contributed by atoms with Crippen molar-refractivity contribution in [3.8, 4) is 0 Å². The van der Waals surface area contributed by atoms with Gasteiger partial charge in [-0.15, -0.1) is 0 Å². The molecule has 1 saturated heterocycles. The van der Waals surface area contributed by atoms with Crippen molar-refractivity contribution in [2.45, 2.75) is 65.6 Å². The number of carbonyl (C=O) groups is 1. The third-order valence-electron chi connectivity index (χ3n) is 4.80. The van der Waals surface area contributed by atoms with Crippen LogP contribution in [0.25, 0.3) is 0 Å². The number of hydrogen-bond donors (Lipinski definition) is 1. The lowest BCUT2D eigenvalue weighted by Crippen LogP contribution is -2.63. The lowest BCUT2D eigenvalue weighted by molar-refractivity contribution is -0.432. The lowest BCUT2D eigenvalue weighted by Gasteiger charge is -2.48. The Bertz CT molecular complexity index is 465. The highest BCUT2D eigenvalue weighted by Gasteiger charge is 2.53. The zero-order chi connectivity index (χ0) is 19.5. The van der Waals surface area contributed by atoms with E-state index in [1.54, 1.807) is 13.8 Å². The number of esters is 1. The molecule has 4 atom stereocenters. The Morgan fingerprint density at radius 1 is 1.16 bits per heavy atom. The number of methoxy groups -OCH3 is 2. The molecule has 25 heavy (non-hydrogen) atoms. The van der Waals surface area contributed by atoms with E-state index in [0.717, 1.165) is 0 Å². The second kappa shape index (κ2) is 7.88. The molecule has 1 aliphatic rings. The van der Waals surface area contributed by atoms with Crippen LogP contribution < -0.4 is 5.73 Å². The molecule has 2 N–H and O–H groups in total. The Labute approximate surface area is 151 Å². The summed E-state index contributed by atoms with van der Waals surface area (Å²) in [6, 6.07) is 0. The maximum atomic E-state index is 12.6. The number of carbonyl (C=O) groups excluding carboxylic acids is 1. The molecular formula is C18H35NO6. The van der Waals surface area contributed by atoms with Crippen LogP contribution in [0.3, 0.4) is 0 Å². The molecule has 0 bridgehead atoms. The van der Waals surface area contributed by atoms with Gasteiger partial charge in [-0.25, -0.2) is 0 Å². The molecule has 1 heterocycles. The summed E-state index contributed by atoms with van der Waals surface area (Å²) in [6.07, 6.45) is 0.184. The summed E-state index contributed by atoms with van der Waals surface area (Å²) < 4.78 is 28.1. The van der Waals surface area contributed by atoms with E-state index in [1.807, 2.05) is 6.92 Å². The first-order chi connectivity index (χ1) is 11.3. The number of rotatable bonds is 7. The van der Waals surface area contributed by atoms with Gasteiger partial charge in [-0.1, -0.05) is 20.8 Å². The van der Waals surface area contributed by atoms with Crippen LogP contribution in [-0.4, -0.2) is 57.6 Å². The fraction of sp³-hybridized carbons (Fsp3) is 0.944. The highest BCUT2D eigenvalue weighted by Crippen LogP contribution is 2.37. The first-order valence-electron chi connectivity index (χ1n) is 8.64. The van der Waals surface area contributed by atoms with Crippen molar-refractivity contribution in [2.24, 2.45) is 16.6 Å². The van der Waals surface area contributed by atoms with E-state index in [2.05, 4.69) is 20.8 Å². The molecule has 0 radical (unpaired) electrons. The summed E-state index contributed by atoms with van der Waals surface area (Å²) >= 11 is 0. The fourth-order valence-electron chi connectivity index (χ4n) is 3.14. The van der Waals surface area contributed by atoms with E-state index >= 15 is 0 Å². The van der Waals surface area contributed by atoms with Gasteiger partial charge in [-0.2, -0.15) is 0 Å². The molecule has 4 unspecified atom stereocenters. The summed E-state index contributed by atoms with van der Waals surface area (Å²) in [6.45, 7) is 12.0. The van der Waals surface area contributed by atoms with Crippen LogP contribution in [-0.2, 0) is 28.5 Å². The van der Waals surface area contributed by atoms with E-state index < -0.39 is 23.1 Å². The van der Waals surface area contributed by atoms with Crippen molar-refractivity contribution >= 4 is 5.97 Å². The smallest absolute Gasteiger partial charge is 0.313 e. The van der Waals surface area contributed by atoms with Gasteiger partial charge < -0.3 is 29.4 Å². The Kier molecular flexibility index (Phi) is 7.03. The molecule has 148 valence electrons. The topological polar surface area (TPSA) is 89.2 Å². The predicted molar refractivity (Wildman–Crippen MR) is 93.8 cm³/mol. The SMILES string of the molecule is COC1(C)OCC(COC(=O)C(C)(CN)CC(C)(C)C)OC1(C)OC. The number of ether oxygens (including phenoxy) is 5. The summed E-state index contributed by atoms with van der Waals surface area (Å²) in [4.78, 5) is 12.6. The van der Waals surface area contributed by atoms with E-state index in [9.17, 15) is 4.79 Å². The molecule has 0 spiro atoms. The average molecular weight is 361 g/mol. The van der Waals surface area contributed by atoms with Gasteiger partial charge in [0.2, 0.25) is 11.6 Å². The molecule has 0 aromatic carbocycles. The van der Waals surface area contributed by atoms with Crippen LogP contribution >= 0.6 is 0 Å². The molecule has 0 saturated carbocycles. The van der Waals surface area contributed by atoms with Crippen molar-refractivity contribution in [1.29, 1.82) is 0 Å². The van der Waals surface area contributed by atoms with Gasteiger partial charge in [0.1, 0.15) is 12.7 Å². The second-order valence-corrected chi connectivity index (χ2v) is 8.45. The Morgan fingerprint density at radius 3 is 2.16 bits per heavy atom. The van der Waals surface area contributed by atoms with Crippen molar-refractivity contribution in [3.05, 3.63) is 0 Å². The van der Waals surface area contributed by atoms with Crippen LogP contribution in [0.5, 0.6) is 0 Å². The van der Waals surface area contributed by atoms with E-state index in [0.29, 0.717) is 6.42 Å². The molecule has 1 aliphatic heterocycles. The second-order valence-electron chi connectivity index (χ2n) is 8.45. The molecule has 1 fully saturated rings. The van der Waals surface area contributed by atoms with Crippen molar-refractivity contribution in [3.63, 3.8) is 0 Å². The highest BCUT2D eigenvalue weighted by molar-refractivity contribution is 5.76. The van der Waals surface area contributed by atoms with Gasteiger partial charge in [0.05, 0.1) is 12.0 Å². The normalized spacial score (nSPS) is 32.9. The number of hydrogen-bond acceptors (Lipinski definition) is 7. The van der Waals surface area contributed by atoms with Gasteiger partial charge in [0.25, 0.3) is 0 Å². The first kappa shape index (κ1) is 22.3. The molecule has 0 aliphatic carbocycles. The van der Waals surface area contributed by atoms with Gasteiger partial charge >= 0.3 is 5.97 Å². The largest absolute Gasteiger partial charge is 0.462 e. The molecule has 0 aromatic rings. The minimum absolute atomic E-state index is 0.0352. The van der Waals surface area contributed by atoms with Gasteiger partial charge in [-0.05, 0) is 32.6 Å². The summed E-state index contributed by atoms with van der Waals surface area (Å²) in [5, 5.41) is 0. The lowest BCUT2D eigenvalue weighted by atomic mass is 9.75. The Hall–Kier alpha value is -0.730. The standard InChI is InChI=1S/C18H35NO6/c1-15(2,3)11-16(4,12-19)14(20)23-9-13-10-24-17(5,21-7)18(6,22-8)25-13/h13H,9-12,19H2,1-8H3. The first-order valence-corrected chi connectivity index (χ1v) is 8.64. The summed E-state index contributed by atoms with van der Waals surface area (Å²) in [5.74, 6) is -2.48. The monoisotopic (exact) mass is 361 g/mol. The zero-order valence-electron chi connectivity index (χ0n) is 16.9. The Balaban J connectivity index is 2.71. The Morgan fingerprint density at radius 2 is 1.72 bits per heavy atom.